The van der Waals surface area contributed by atoms with E-state index < -0.39 is 4.92 Å². The molecule has 0 bridgehead atoms. The molecule has 0 aliphatic carbocycles. The van der Waals surface area contributed by atoms with Crippen LogP contribution in [-0.2, 0) is 0 Å². The summed E-state index contributed by atoms with van der Waals surface area (Å²) < 4.78 is 0. The topological polar surface area (TPSA) is 69.2 Å². The van der Waals surface area contributed by atoms with Crippen molar-refractivity contribution in [3.63, 3.8) is 0 Å². The van der Waals surface area contributed by atoms with E-state index in [4.69, 9.17) is 0 Å². The Balaban J connectivity index is 0.000000671. The third-order valence-electron chi connectivity index (χ3n) is 1.34. The Hall–Kier alpha value is -1.68. The fourth-order valence-corrected chi connectivity index (χ4v) is 0.732. The lowest BCUT2D eigenvalue weighted by Gasteiger charge is -1.91. The van der Waals surface area contributed by atoms with Gasteiger partial charge in [-0.25, -0.2) is 0 Å². The van der Waals surface area contributed by atoms with Crippen molar-refractivity contribution in [2.24, 2.45) is 5.73 Å². The number of nitro groups is 1. The third-order valence-corrected chi connectivity index (χ3v) is 1.34. The van der Waals surface area contributed by atoms with Crippen molar-refractivity contribution in [2.45, 2.75) is 0 Å². The molecular weight excluding hydrogens is 168 g/mol. The lowest BCUT2D eigenvalue weighted by atomic mass is 10.2. The van der Waals surface area contributed by atoms with Gasteiger partial charge in [0.25, 0.3) is 5.69 Å². The van der Waals surface area contributed by atoms with Crippen LogP contribution in [0.4, 0.5) is 5.69 Å². The molecule has 0 atom stereocenters. The summed E-state index contributed by atoms with van der Waals surface area (Å²) in [5.41, 5.74) is 5.49. The fraction of sp³-hybridized carbons (Fsp3) is 0.111. The molecule has 0 heterocycles. The molecular formula is C9H12N2O2. The highest BCUT2D eigenvalue weighted by Gasteiger charge is 2.01. The van der Waals surface area contributed by atoms with Crippen molar-refractivity contribution < 1.29 is 4.92 Å². The largest absolute Gasteiger partial charge is 0.333 e. The molecule has 0 saturated heterocycles. The predicted octanol–water partition coefficient (Wildman–Crippen LogP) is 1.81. The number of hydrogen-bond acceptors (Lipinski definition) is 3. The number of non-ortho nitro benzene ring substituents is 1. The van der Waals surface area contributed by atoms with Gasteiger partial charge in [-0.15, -0.1) is 0 Å². The molecule has 13 heavy (non-hydrogen) atoms. The van der Waals surface area contributed by atoms with E-state index in [0.29, 0.717) is 0 Å². The number of hydrogen-bond donors (Lipinski definition) is 1. The average molecular weight is 180 g/mol. The fourth-order valence-electron chi connectivity index (χ4n) is 0.732. The van der Waals surface area contributed by atoms with Gasteiger partial charge in [0.1, 0.15) is 0 Å². The Morgan fingerprint density at radius 3 is 2.15 bits per heavy atom. The van der Waals surface area contributed by atoms with Crippen LogP contribution < -0.4 is 5.73 Å². The molecule has 4 nitrogen and oxygen atoms in total. The van der Waals surface area contributed by atoms with Gasteiger partial charge in [-0.1, -0.05) is 12.7 Å². The van der Waals surface area contributed by atoms with E-state index in [-0.39, 0.29) is 5.69 Å². The summed E-state index contributed by atoms with van der Waals surface area (Å²) in [4.78, 5) is 9.76. The van der Waals surface area contributed by atoms with Crippen LogP contribution in [0.1, 0.15) is 5.56 Å². The van der Waals surface area contributed by atoms with Gasteiger partial charge in [0.15, 0.2) is 0 Å². The van der Waals surface area contributed by atoms with Crippen molar-refractivity contribution in [1.29, 1.82) is 0 Å². The van der Waals surface area contributed by atoms with Crippen LogP contribution in [-0.4, -0.2) is 12.0 Å². The molecule has 70 valence electrons. The first kappa shape index (κ1) is 11.3. The summed E-state index contributed by atoms with van der Waals surface area (Å²) >= 11 is 0. The Morgan fingerprint density at radius 1 is 1.38 bits per heavy atom. The Labute approximate surface area is 76.8 Å². The molecule has 0 spiro atoms. The van der Waals surface area contributed by atoms with Gasteiger partial charge in [-0.2, -0.15) is 0 Å². The monoisotopic (exact) mass is 180 g/mol. The Bertz CT molecular complexity index is 280. The lowest BCUT2D eigenvalue weighted by Crippen LogP contribution is -1.86. The van der Waals surface area contributed by atoms with Crippen LogP contribution in [0.5, 0.6) is 0 Å². The quantitative estimate of drug-likeness (QED) is 0.557. The van der Waals surface area contributed by atoms with E-state index >= 15 is 0 Å². The van der Waals surface area contributed by atoms with Gasteiger partial charge >= 0.3 is 0 Å². The molecule has 0 aliphatic heterocycles. The van der Waals surface area contributed by atoms with Crippen LogP contribution in [0.3, 0.4) is 0 Å². The second kappa shape index (κ2) is 5.91. The van der Waals surface area contributed by atoms with Crippen LogP contribution >= 0.6 is 0 Å². The summed E-state index contributed by atoms with van der Waals surface area (Å²) in [6, 6.07) is 6.23. The normalized spacial score (nSPS) is 8.15. The van der Waals surface area contributed by atoms with Crippen LogP contribution in [0.15, 0.2) is 30.8 Å². The average Bonchev–Trinajstić information content (AvgIpc) is 2.21. The highest BCUT2D eigenvalue weighted by atomic mass is 16.6. The maximum atomic E-state index is 10.2. The second-order valence-corrected chi connectivity index (χ2v) is 2.05. The predicted molar refractivity (Wildman–Crippen MR) is 53.3 cm³/mol. The van der Waals surface area contributed by atoms with Crippen molar-refractivity contribution >= 4 is 11.8 Å². The Morgan fingerprint density at radius 2 is 1.85 bits per heavy atom. The zero-order valence-electron chi connectivity index (χ0n) is 7.43. The summed E-state index contributed by atoms with van der Waals surface area (Å²) in [5.74, 6) is 0. The highest BCUT2D eigenvalue weighted by Crippen LogP contribution is 2.11. The van der Waals surface area contributed by atoms with Gasteiger partial charge in [0.2, 0.25) is 0 Å². The minimum absolute atomic E-state index is 0.107. The van der Waals surface area contributed by atoms with Gasteiger partial charge in [-0.3, -0.25) is 10.1 Å². The van der Waals surface area contributed by atoms with E-state index in [1.807, 2.05) is 0 Å². The number of nitrogens with two attached hydrogens (primary N) is 1. The van der Waals surface area contributed by atoms with Crippen molar-refractivity contribution in [3.8, 4) is 0 Å². The third kappa shape index (κ3) is 3.48. The van der Waals surface area contributed by atoms with E-state index in [9.17, 15) is 10.1 Å². The first-order valence-corrected chi connectivity index (χ1v) is 3.68. The zero-order valence-corrected chi connectivity index (χ0v) is 7.43. The molecule has 2 N–H and O–H groups in total. The van der Waals surface area contributed by atoms with Crippen LogP contribution in [0.25, 0.3) is 6.08 Å². The maximum Gasteiger partial charge on any atom is 0.269 e. The maximum absolute atomic E-state index is 10.2. The molecule has 0 fully saturated rings. The molecule has 1 rings (SSSR count). The molecule has 0 saturated carbocycles. The van der Waals surface area contributed by atoms with Gasteiger partial charge < -0.3 is 5.73 Å². The van der Waals surface area contributed by atoms with Crippen molar-refractivity contribution in [1.82, 2.24) is 0 Å². The second-order valence-electron chi connectivity index (χ2n) is 2.05. The molecule has 0 aliphatic rings. The smallest absolute Gasteiger partial charge is 0.269 e. The van der Waals surface area contributed by atoms with Gasteiger partial charge in [-0.05, 0) is 24.7 Å². The number of nitrogens with zero attached hydrogens (tertiary/aromatic N) is 1. The molecule has 0 radical (unpaired) electrons. The van der Waals surface area contributed by atoms with Crippen molar-refractivity contribution in [3.05, 3.63) is 46.5 Å². The SMILES string of the molecule is C=Cc1ccc([N+](=O)[O-])cc1.CN. The minimum Gasteiger partial charge on any atom is -0.333 e. The molecule has 4 heteroatoms. The first-order valence-electron chi connectivity index (χ1n) is 3.68. The van der Waals surface area contributed by atoms with E-state index in [0.717, 1.165) is 5.56 Å². The molecule has 1 aromatic rings. The van der Waals surface area contributed by atoms with Crippen molar-refractivity contribution in [2.75, 3.05) is 7.05 Å². The zero-order chi connectivity index (χ0) is 10.3. The van der Waals surface area contributed by atoms with E-state index in [2.05, 4.69) is 12.3 Å². The van der Waals surface area contributed by atoms with Gasteiger partial charge in [0.05, 0.1) is 4.92 Å². The Kier molecular flexibility index (Phi) is 5.14. The summed E-state index contributed by atoms with van der Waals surface area (Å²) in [6.45, 7) is 3.54. The minimum atomic E-state index is -0.424. The molecule has 0 aromatic heterocycles. The number of rotatable bonds is 2. The first-order chi connectivity index (χ1) is 6.24. The molecule has 1 aromatic carbocycles. The standard InChI is InChI=1S/C8H7NO2.CH5N/c1-2-7-3-5-8(6-4-7)9(10)11;1-2/h2-6H,1H2;2H2,1H3. The lowest BCUT2D eigenvalue weighted by molar-refractivity contribution is -0.384. The van der Waals surface area contributed by atoms with Crippen LogP contribution in [0.2, 0.25) is 0 Å². The number of nitro benzene ring substituents is 1. The summed E-state index contributed by atoms with van der Waals surface area (Å²) in [5, 5.41) is 10.2. The van der Waals surface area contributed by atoms with E-state index in [1.54, 1.807) is 18.2 Å². The van der Waals surface area contributed by atoms with Crippen LogP contribution in [0, 0.1) is 10.1 Å². The van der Waals surface area contributed by atoms with Gasteiger partial charge in [0, 0.05) is 12.1 Å². The number of benzene rings is 1. The summed E-state index contributed by atoms with van der Waals surface area (Å²) in [6.07, 6.45) is 1.64. The highest BCUT2D eigenvalue weighted by molar-refractivity contribution is 5.49. The molecule has 0 unspecified atom stereocenters. The van der Waals surface area contributed by atoms with E-state index in [1.165, 1.54) is 19.2 Å². The molecule has 0 amide bonds. The summed E-state index contributed by atoms with van der Waals surface area (Å²) in [7, 11) is 1.50.